The molecule has 0 atom stereocenters. The number of rotatable bonds is 3. The van der Waals surface area contributed by atoms with Crippen LogP contribution in [0.1, 0.15) is 38.5 Å². The minimum atomic E-state index is 0.0878. The van der Waals surface area contributed by atoms with Crippen molar-refractivity contribution in [2.75, 3.05) is 5.32 Å². The number of halogens is 2. The van der Waals surface area contributed by atoms with Crippen LogP contribution in [0.5, 0.6) is 0 Å². The van der Waals surface area contributed by atoms with E-state index in [4.69, 9.17) is 11.6 Å². The average Bonchev–Trinajstić information content (AvgIpc) is 2.36. The standard InChI is InChI=1S/C14H17BrClNO/c15-14-11(16)7-4-8-12(14)17-13(18)9-10-5-2-1-3-6-10/h4,7-8,10H,1-3,5-6,9H2,(H,17,18). The highest BCUT2D eigenvalue weighted by molar-refractivity contribution is 9.10. The molecule has 4 heteroatoms. The van der Waals surface area contributed by atoms with E-state index in [0.717, 1.165) is 10.2 Å². The molecule has 1 aromatic carbocycles. The van der Waals surface area contributed by atoms with E-state index in [2.05, 4.69) is 21.2 Å². The first kappa shape index (κ1) is 13.9. The molecule has 98 valence electrons. The fraction of sp³-hybridized carbons (Fsp3) is 0.500. The number of carbonyl (C=O) groups excluding carboxylic acids is 1. The van der Waals surface area contributed by atoms with Crippen LogP contribution in [0.25, 0.3) is 0 Å². The van der Waals surface area contributed by atoms with Crippen molar-refractivity contribution in [2.45, 2.75) is 38.5 Å². The van der Waals surface area contributed by atoms with Crippen LogP contribution in [0.2, 0.25) is 5.02 Å². The summed E-state index contributed by atoms with van der Waals surface area (Å²) in [4.78, 5) is 12.0. The first-order valence-corrected chi connectivity index (χ1v) is 7.58. The van der Waals surface area contributed by atoms with Crippen molar-refractivity contribution in [3.05, 3.63) is 27.7 Å². The van der Waals surface area contributed by atoms with Gasteiger partial charge >= 0.3 is 0 Å². The molecule has 1 amide bonds. The second-order valence-corrected chi connectivity index (χ2v) is 6.06. The molecule has 0 heterocycles. The molecule has 0 aromatic heterocycles. The van der Waals surface area contributed by atoms with Gasteiger partial charge in [-0.25, -0.2) is 0 Å². The van der Waals surface area contributed by atoms with Crippen LogP contribution < -0.4 is 5.32 Å². The zero-order valence-electron chi connectivity index (χ0n) is 10.2. The Hall–Kier alpha value is -0.540. The van der Waals surface area contributed by atoms with E-state index in [1.807, 2.05) is 12.1 Å². The molecule has 1 fully saturated rings. The molecule has 0 aliphatic heterocycles. The lowest BCUT2D eigenvalue weighted by Crippen LogP contribution is -2.18. The van der Waals surface area contributed by atoms with Gasteiger partial charge in [0.05, 0.1) is 15.2 Å². The summed E-state index contributed by atoms with van der Waals surface area (Å²) in [5, 5.41) is 3.54. The van der Waals surface area contributed by atoms with Gasteiger partial charge in [-0.3, -0.25) is 4.79 Å². The van der Waals surface area contributed by atoms with E-state index >= 15 is 0 Å². The van der Waals surface area contributed by atoms with Crippen LogP contribution in [0.4, 0.5) is 5.69 Å². The van der Waals surface area contributed by atoms with Crippen molar-refractivity contribution in [2.24, 2.45) is 5.92 Å². The lowest BCUT2D eigenvalue weighted by Gasteiger charge is -2.21. The van der Waals surface area contributed by atoms with Gasteiger partial charge in [-0.05, 0) is 46.8 Å². The van der Waals surface area contributed by atoms with Crippen LogP contribution in [0.15, 0.2) is 22.7 Å². The fourth-order valence-corrected chi connectivity index (χ4v) is 2.99. The van der Waals surface area contributed by atoms with Gasteiger partial charge in [0, 0.05) is 6.42 Å². The Kier molecular flexibility index (Phi) is 5.07. The molecule has 1 aliphatic rings. The van der Waals surface area contributed by atoms with Crippen molar-refractivity contribution in [3.63, 3.8) is 0 Å². The second kappa shape index (κ2) is 6.58. The average molecular weight is 331 g/mol. The van der Waals surface area contributed by atoms with Gasteiger partial charge in [0.15, 0.2) is 0 Å². The number of carbonyl (C=O) groups is 1. The Balaban J connectivity index is 1.92. The van der Waals surface area contributed by atoms with E-state index < -0.39 is 0 Å². The molecule has 1 saturated carbocycles. The third-order valence-electron chi connectivity index (χ3n) is 3.42. The van der Waals surface area contributed by atoms with Crippen LogP contribution in [0.3, 0.4) is 0 Å². The molecule has 1 aliphatic carbocycles. The fourth-order valence-electron chi connectivity index (χ4n) is 2.46. The predicted molar refractivity (Wildman–Crippen MR) is 79.0 cm³/mol. The third kappa shape index (κ3) is 3.72. The Bertz CT molecular complexity index is 430. The number of anilines is 1. The maximum atomic E-state index is 12.0. The number of hydrogen-bond donors (Lipinski definition) is 1. The molecule has 0 bridgehead atoms. The van der Waals surface area contributed by atoms with Crippen LogP contribution >= 0.6 is 27.5 Å². The van der Waals surface area contributed by atoms with E-state index in [1.54, 1.807) is 6.07 Å². The van der Waals surface area contributed by atoms with Crippen molar-refractivity contribution in [3.8, 4) is 0 Å². The Morgan fingerprint density at radius 3 is 2.78 bits per heavy atom. The van der Waals surface area contributed by atoms with Gasteiger partial charge in [-0.2, -0.15) is 0 Å². The lowest BCUT2D eigenvalue weighted by atomic mass is 9.87. The molecule has 2 rings (SSSR count). The molecule has 0 spiro atoms. The summed E-state index contributed by atoms with van der Waals surface area (Å²) in [6.45, 7) is 0. The highest BCUT2D eigenvalue weighted by Gasteiger charge is 2.17. The molecule has 0 saturated heterocycles. The topological polar surface area (TPSA) is 29.1 Å². The van der Waals surface area contributed by atoms with E-state index in [9.17, 15) is 4.79 Å². The van der Waals surface area contributed by atoms with Crippen molar-refractivity contribution >= 4 is 39.1 Å². The van der Waals surface area contributed by atoms with Crippen molar-refractivity contribution < 1.29 is 4.79 Å². The summed E-state index contributed by atoms with van der Waals surface area (Å²) in [5.74, 6) is 0.640. The summed E-state index contributed by atoms with van der Waals surface area (Å²) < 4.78 is 0.753. The SMILES string of the molecule is O=C(CC1CCCCC1)Nc1cccc(Cl)c1Br. The van der Waals surface area contributed by atoms with Gasteiger partial charge in [-0.1, -0.05) is 36.9 Å². The number of nitrogens with one attached hydrogen (secondary N) is 1. The van der Waals surface area contributed by atoms with Crippen LogP contribution in [0, 0.1) is 5.92 Å². The second-order valence-electron chi connectivity index (χ2n) is 4.86. The van der Waals surface area contributed by atoms with Crippen LogP contribution in [-0.4, -0.2) is 5.91 Å². The molecule has 2 nitrogen and oxygen atoms in total. The predicted octanol–water partition coefficient (Wildman–Crippen LogP) is 5.01. The van der Waals surface area contributed by atoms with Gasteiger partial charge in [0.2, 0.25) is 5.91 Å². The summed E-state index contributed by atoms with van der Waals surface area (Å²) in [5.41, 5.74) is 0.753. The molecule has 18 heavy (non-hydrogen) atoms. The molecule has 0 radical (unpaired) electrons. The highest BCUT2D eigenvalue weighted by atomic mass is 79.9. The first-order valence-electron chi connectivity index (χ1n) is 6.40. The van der Waals surface area contributed by atoms with Crippen LogP contribution in [-0.2, 0) is 4.79 Å². The van der Waals surface area contributed by atoms with E-state index in [-0.39, 0.29) is 5.91 Å². The van der Waals surface area contributed by atoms with E-state index in [0.29, 0.717) is 17.4 Å². The molecule has 1 aromatic rings. The van der Waals surface area contributed by atoms with Crippen molar-refractivity contribution in [1.82, 2.24) is 0 Å². The highest BCUT2D eigenvalue weighted by Crippen LogP contribution is 2.31. The maximum absolute atomic E-state index is 12.0. The Morgan fingerprint density at radius 2 is 2.06 bits per heavy atom. The molecular formula is C14H17BrClNO. The Labute approximate surface area is 121 Å². The summed E-state index contributed by atoms with van der Waals surface area (Å²) in [6.07, 6.45) is 6.84. The zero-order chi connectivity index (χ0) is 13.0. The number of benzene rings is 1. The molecular weight excluding hydrogens is 314 g/mol. The minimum Gasteiger partial charge on any atom is -0.325 e. The van der Waals surface area contributed by atoms with Gasteiger partial charge in [0.1, 0.15) is 0 Å². The van der Waals surface area contributed by atoms with E-state index in [1.165, 1.54) is 32.1 Å². The van der Waals surface area contributed by atoms with Gasteiger partial charge in [-0.15, -0.1) is 0 Å². The molecule has 1 N–H and O–H groups in total. The first-order chi connectivity index (χ1) is 8.66. The quantitative estimate of drug-likeness (QED) is 0.829. The largest absolute Gasteiger partial charge is 0.325 e. The summed E-state index contributed by atoms with van der Waals surface area (Å²) >= 11 is 9.38. The Morgan fingerprint density at radius 1 is 1.33 bits per heavy atom. The number of amides is 1. The summed E-state index contributed by atoms with van der Waals surface area (Å²) in [7, 11) is 0. The normalized spacial score (nSPS) is 16.6. The lowest BCUT2D eigenvalue weighted by molar-refractivity contribution is -0.117. The third-order valence-corrected chi connectivity index (χ3v) is 4.82. The molecule has 0 unspecified atom stereocenters. The van der Waals surface area contributed by atoms with Gasteiger partial charge < -0.3 is 5.32 Å². The smallest absolute Gasteiger partial charge is 0.224 e. The zero-order valence-corrected chi connectivity index (χ0v) is 12.6. The van der Waals surface area contributed by atoms with Gasteiger partial charge in [0.25, 0.3) is 0 Å². The minimum absolute atomic E-state index is 0.0878. The summed E-state index contributed by atoms with van der Waals surface area (Å²) in [6, 6.07) is 5.49. The van der Waals surface area contributed by atoms with Crippen molar-refractivity contribution in [1.29, 1.82) is 0 Å². The number of hydrogen-bond acceptors (Lipinski definition) is 1. The monoisotopic (exact) mass is 329 g/mol. The maximum Gasteiger partial charge on any atom is 0.224 e.